The molecule has 0 radical (unpaired) electrons. The van der Waals surface area contributed by atoms with Crippen molar-refractivity contribution in [1.82, 2.24) is 14.8 Å². The zero-order valence-electron chi connectivity index (χ0n) is 14.1. The number of carbonyl (C=O) groups excluding carboxylic acids is 1. The highest BCUT2D eigenvalue weighted by atomic mass is 16.1. The van der Waals surface area contributed by atoms with E-state index >= 15 is 0 Å². The molecule has 3 rings (SSSR count). The van der Waals surface area contributed by atoms with E-state index in [9.17, 15) is 4.79 Å². The van der Waals surface area contributed by atoms with E-state index in [2.05, 4.69) is 15.4 Å². The first kappa shape index (κ1) is 15.9. The minimum absolute atomic E-state index is 0.0510. The van der Waals surface area contributed by atoms with E-state index in [1.807, 2.05) is 63.2 Å². The lowest BCUT2D eigenvalue weighted by atomic mass is 10.1. The third kappa shape index (κ3) is 3.51. The van der Waals surface area contributed by atoms with Crippen molar-refractivity contribution < 1.29 is 4.79 Å². The average Bonchev–Trinajstić information content (AvgIpc) is 2.89. The lowest BCUT2D eigenvalue weighted by Gasteiger charge is -2.08. The number of nitrogens with zero attached hydrogens (tertiary/aromatic N) is 3. The summed E-state index contributed by atoms with van der Waals surface area (Å²) in [5, 5.41) is 7.29. The van der Waals surface area contributed by atoms with Crippen LogP contribution in [0.4, 0.5) is 5.69 Å². The standard InChI is InChI=1S/C19H20N4O/c1-13-6-4-5-7-16(13)11-19(24)21-17-8-9-18(20-12-17)23-15(3)10-14(2)22-23/h4-10,12H,11H2,1-3H3,(H,21,24). The predicted molar refractivity (Wildman–Crippen MR) is 94.3 cm³/mol. The highest BCUT2D eigenvalue weighted by Gasteiger charge is 2.08. The number of benzene rings is 1. The first-order valence-corrected chi connectivity index (χ1v) is 7.87. The van der Waals surface area contributed by atoms with E-state index in [0.29, 0.717) is 12.1 Å². The maximum absolute atomic E-state index is 12.2. The van der Waals surface area contributed by atoms with Gasteiger partial charge in [-0.2, -0.15) is 5.10 Å². The Bertz CT molecular complexity index is 865. The molecule has 5 heteroatoms. The molecule has 24 heavy (non-hydrogen) atoms. The Morgan fingerprint density at radius 1 is 1.12 bits per heavy atom. The third-order valence-corrected chi connectivity index (χ3v) is 3.87. The average molecular weight is 320 g/mol. The van der Waals surface area contributed by atoms with Crippen LogP contribution in [0, 0.1) is 20.8 Å². The summed E-state index contributed by atoms with van der Waals surface area (Å²) in [7, 11) is 0. The van der Waals surface area contributed by atoms with Crippen LogP contribution >= 0.6 is 0 Å². The highest BCUT2D eigenvalue weighted by Crippen LogP contribution is 2.14. The van der Waals surface area contributed by atoms with Crippen LogP contribution in [0.25, 0.3) is 5.82 Å². The van der Waals surface area contributed by atoms with Gasteiger partial charge in [0.25, 0.3) is 0 Å². The molecular weight excluding hydrogens is 300 g/mol. The molecule has 2 aromatic heterocycles. The summed E-state index contributed by atoms with van der Waals surface area (Å²) in [6.07, 6.45) is 2.01. The van der Waals surface area contributed by atoms with Gasteiger partial charge in [-0.1, -0.05) is 24.3 Å². The topological polar surface area (TPSA) is 59.8 Å². The van der Waals surface area contributed by atoms with Crippen LogP contribution in [0.5, 0.6) is 0 Å². The SMILES string of the molecule is Cc1cc(C)n(-c2ccc(NC(=O)Cc3ccccc3C)cn2)n1. The van der Waals surface area contributed by atoms with Gasteiger partial charge in [0, 0.05) is 5.69 Å². The summed E-state index contributed by atoms with van der Waals surface area (Å²) in [4.78, 5) is 16.6. The molecule has 0 saturated carbocycles. The van der Waals surface area contributed by atoms with Gasteiger partial charge in [0.1, 0.15) is 0 Å². The van der Waals surface area contributed by atoms with Gasteiger partial charge in [-0.15, -0.1) is 0 Å². The molecule has 0 aliphatic heterocycles. The number of carbonyl (C=O) groups is 1. The summed E-state index contributed by atoms with van der Waals surface area (Å²) in [5.41, 5.74) is 4.80. The Labute approximate surface area is 141 Å². The van der Waals surface area contributed by atoms with Crippen LogP contribution in [0.2, 0.25) is 0 Å². The zero-order valence-corrected chi connectivity index (χ0v) is 14.1. The number of rotatable bonds is 4. The Kier molecular flexibility index (Phi) is 4.42. The van der Waals surface area contributed by atoms with Crippen molar-refractivity contribution in [2.24, 2.45) is 0 Å². The quantitative estimate of drug-likeness (QED) is 0.802. The molecule has 0 atom stereocenters. The minimum Gasteiger partial charge on any atom is -0.324 e. The van der Waals surface area contributed by atoms with Gasteiger partial charge in [0.05, 0.1) is 24.0 Å². The van der Waals surface area contributed by atoms with Gasteiger partial charge in [0.2, 0.25) is 5.91 Å². The minimum atomic E-state index is -0.0510. The lowest BCUT2D eigenvalue weighted by Crippen LogP contribution is -2.15. The second-order valence-electron chi connectivity index (χ2n) is 5.90. The Morgan fingerprint density at radius 2 is 1.92 bits per heavy atom. The van der Waals surface area contributed by atoms with Gasteiger partial charge < -0.3 is 5.32 Å². The van der Waals surface area contributed by atoms with Gasteiger partial charge in [0.15, 0.2) is 5.82 Å². The van der Waals surface area contributed by atoms with Crippen LogP contribution in [0.3, 0.4) is 0 Å². The molecule has 1 amide bonds. The molecule has 5 nitrogen and oxygen atoms in total. The molecule has 0 bridgehead atoms. The Hall–Kier alpha value is -2.95. The molecule has 0 unspecified atom stereocenters. The number of aromatic nitrogens is 3. The maximum atomic E-state index is 12.2. The van der Waals surface area contributed by atoms with E-state index in [-0.39, 0.29) is 5.91 Å². The molecule has 0 fully saturated rings. The van der Waals surface area contributed by atoms with Crippen LogP contribution in [-0.4, -0.2) is 20.7 Å². The highest BCUT2D eigenvalue weighted by molar-refractivity contribution is 5.92. The van der Waals surface area contributed by atoms with Crippen molar-refractivity contribution >= 4 is 11.6 Å². The van der Waals surface area contributed by atoms with E-state index in [1.54, 1.807) is 10.9 Å². The largest absolute Gasteiger partial charge is 0.324 e. The zero-order chi connectivity index (χ0) is 17.1. The summed E-state index contributed by atoms with van der Waals surface area (Å²) >= 11 is 0. The van der Waals surface area contributed by atoms with E-state index in [0.717, 1.165) is 28.3 Å². The maximum Gasteiger partial charge on any atom is 0.228 e. The first-order chi connectivity index (χ1) is 11.5. The molecule has 122 valence electrons. The van der Waals surface area contributed by atoms with Crippen molar-refractivity contribution in [3.05, 3.63) is 71.2 Å². The van der Waals surface area contributed by atoms with Crippen LogP contribution in [-0.2, 0) is 11.2 Å². The number of hydrogen-bond acceptors (Lipinski definition) is 3. The summed E-state index contributed by atoms with van der Waals surface area (Å²) in [6, 6.07) is 13.6. The van der Waals surface area contributed by atoms with E-state index in [1.165, 1.54) is 0 Å². The smallest absolute Gasteiger partial charge is 0.228 e. The van der Waals surface area contributed by atoms with Crippen LogP contribution < -0.4 is 5.32 Å². The van der Waals surface area contributed by atoms with Crippen molar-refractivity contribution in [2.45, 2.75) is 27.2 Å². The fourth-order valence-electron chi connectivity index (χ4n) is 2.63. The van der Waals surface area contributed by atoms with Crippen molar-refractivity contribution in [1.29, 1.82) is 0 Å². The lowest BCUT2D eigenvalue weighted by molar-refractivity contribution is -0.115. The number of hydrogen-bond donors (Lipinski definition) is 1. The van der Waals surface area contributed by atoms with E-state index < -0.39 is 0 Å². The second-order valence-corrected chi connectivity index (χ2v) is 5.90. The molecule has 0 aliphatic rings. The molecule has 0 saturated heterocycles. The van der Waals surface area contributed by atoms with Crippen molar-refractivity contribution in [3.8, 4) is 5.82 Å². The molecule has 2 heterocycles. The number of amides is 1. The fraction of sp³-hybridized carbons (Fsp3) is 0.211. The molecule has 0 spiro atoms. The summed E-state index contributed by atoms with van der Waals surface area (Å²) in [5.74, 6) is 0.683. The summed E-state index contributed by atoms with van der Waals surface area (Å²) in [6.45, 7) is 5.94. The second kappa shape index (κ2) is 6.66. The third-order valence-electron chi connectivity index (χ3n) is 3.87. The van der Waals surface area contributed by atoms with Gasteiger partial charge in [-0.25, -0.2) is 9.67 Å². The molecule has 3 aromatic rings. The van der Waals surface area contributed by atoms with Crippen LogP contribution in [0.15, 0.2) is 48.7 Å². The number of nitrogens with one attached hydrogen (secondary N) is 1. The van der Waals surface area contributed by atoms with Crippen molar-refractivity contribution in [2.75, 3.05) is 5.32 Å². The summed E-state index contributed by atoms with van der Waals surface area (Å²) < 4.78 is 1.79. The number of aryl methyl sites for hydroxylation is 3. The monoisotopic (exact) mass is 320 g/mol. The Morgan fingerprint density at radius 3 is 2.54 bits per heavy atom. The van der Waals surface area contributed by atoms with Gasteiger partial charge in [-0.3, -0.25) is 4.79 Å². The molecule has 0 aliphatic carbocycles. The fourth-order valence-corrected chi connectivity index (χ4v) is 2.63. The van der Waals surface area contributed by atoms with Gasteiger partial charge >= 0.3 is 0 Å². The van der Waals surface area contributed by atoms with Gasteiger partial charge in [-0.05, 0) is 50.1 Å². The van der Waals surface area contributed by atoms with Crippen LogP contribution in [0.1, 0.15) is 22.5 Å². The van der Waals surface area contributed by atoms with E-state index in [4.69, 9.17) is 0 Å². The molecule has 1 N–H and O–H groups in total. The normalized spacial score (nSPS) is 10.6. The predicted octanol–water partition coefficient (Wildman–Crippen LogP) is 3.37. The molecule has 1 aromatic carbocycles. The molecular formula is C19H20N4O. The van der Waals surface area contributed by atoms with Crippen molar-refractivity contribution in [3.63, 3.8) is 0 Å². The Balaban J connectivity index is 1.69. The first-order valence-electron chi connectivity index (χ1n) is 7.87. The number of pyridine rings is 1. The number of anilines is 1.